The summed E-state index contributed by atoms with van der Waals surface area (Å²) in [4.78, 5) is 21.8. The van der Waals surface area contributed by atoms with Crippen LogP contribution < -0.4 is 5.73 Å². The van der Waals surface area contributed by atoms with Crippen LogP contribution in [0.4, 0.5) is 4.39 Å². The monoisotopic (exact) mass is 673 g/mol. The van der Waals surface area contributed by atoms with E-state index >= 15 is 0 Å². The Morgan fingerprint density at radius 3 is 2.23 bits per heavy atom. The third kappa shape index (κ3) is 13.4. The van der Waals surface area contributed by atoms with E-state index in [-0.39, 0.29) is 11.7 Å². The highest BCUT2D eigenvalue weighted by Gasteiger charge is 2.23. The summed E-state index contributed by atoms with van der Waals surface area (Å²) in [5, 5.41) is 0.479. The van der Waals surface area contributed by atoms with Crippen molar-refractivity contribution in [3.63, 3.8) is 0 Å². The van der Waals surface area contributed by atoms with Gasteiger partial charge in [0.2, 0.25) is 5.91 Å². The second-order valence-electron chi connectivity index (χ2n) is 13.1. The van der Waals surface area contributed by atoms with Crippen LogP contribution in [0.3, 0.4) is 0 Å². The number of imidazole rings is 1. The van der Waals surface area contributed by atoms with Gasteiger partial charge < -0.3 is 10.3 Å². The van der Waals surface area contributed by atoms with Gasteiger partial charge in [-0.05, 0) is 138 Å². The minimum Gasteiger partial charge on any atom is -0.366 e. The van der Waals surface area contributed by atoms with Crippen LogP contribution in [0.2, 0.25) is 5.02 Å². The zero-order chi connectivity index (χ0) is 35.2. The summed E-state index contributed by atoms with van der Waals surface area (Å²) in [5.41, 5.74) is 13.7. The zero-order valence-corrected chi connectivity index (χ0v) is 30.4. The van der Waals surface area contributed by atoms with Crippen molar-refractivity contribution in [1.82, 2.24) is 19.4 Å². The van der Waals surface area contributed by atoms with Crippen molar-refractivity contribution in [1.29, 1.82) is 0 Å². The van der Waals surface area contributed by atoms with E-state index < -0.39 is 0 Å². The number of hydrogen-bond donors (Lipinski definition) is 1. The molecule has 0 atom stereocenters. The van der Waals surface area contributed by atoms with Gasteiger partial charge in [-0.1, -0.05) is 48.9 Å². The molecule has 1 amide bonds. The molecular formula is C40H53ClFN5O. The molecule has 0 spiro atoms. The van der Waals surface area contributed by atoms with Crippen molar-refractivity contribution in [2.24, 2.45) is 18.7 Å². The molecule has 2 N–H and O–H groups in total. The molecule has 1 saturated carbocycles. The fourth-order valence-corrected chi connectivity index (χ4v) is 5.66. The SMILES string of the molecule is C=C(C)CN1CCC(c2cccc(C)n2)CC1.CCc1cncn1C.Cc1ccc(C(N)=O)cc1C.Fc1cc(Cl)ccc1CC1CC1. The lowest BCUT2D eigenvalue weighted by molar-refractivity contribution is 0.1000. The van der Waals surface area contributed by atoms with E-state index in [0.717, 1.165) is 42.1 Å². The molecule has 48 heavy (non-hydrogen) atoms. The lowest BCUT2D eigenvalue weighted by Crippen LogP contribution is -2.34. The smallest absolute Gasteiger partial charge is 0.248 e. The van der Waals surface area contributed by atoms with Gasteiger partial charge in [-0.3, -0.25) is 14.7 Å². The second kappa shape index (κ2) is 19.3. The first-order valence-electron chi connectivity index (χ1n) is 16.9. The van der Waals surface area contributed by atoms with Crippen LogP contribution in [0, 0.1) is 32.5 Å². The molecule has 0 unspecified atom stereocenters. The number of amides is 1. The number of aromatic nitrogens is 3. The van der Waals surface area contributed by atoms with E-state index in [1.54, 1.807) is 24.3 Å². The minimum atomic E-state index is -0.367. The number of halogens is 2. The lowest BCUT2D eigenvalue weighted by atomic mass is 9.93. The first-order valence-corrected chi connectivity index (χ1v) is 17.3. The Morgan fingerprint density at radius 1 is 1.02 bits per heavy atom. The molecule has 2 fully saturated rings. The van der Waals surface area contributed by atoms with E-state index in [4.69, 9.17) is 17.3 Å². The fraction of sp³-hybridized carbons (Fsp3) is 0.425. The summed E-state index contributed by atoms with van der Waals surface area (Å²) in [5.74, 6) is 0.847. The average molecular weight is 674 g/mol. The number of carbonyl (C=O) groups is 1. The van der Waals surface area contributed by atoms with Gasteiger partial charge >= 0.3 is 0 Å². The number of hydrogen-bond acceptors (Lipinski definition) is 4. The predicted molar refractivity (Wildman–Crippen MR) is 197 cm³/mol. The number of rotatable bonds is 7. The first kappa shape index (κ1) is 38.6. The Morgan fingerprint density at radius 2 is 1.73 bits per heavy atom. The number of pyridine rings is 1. The zero-order valence-electron chi connectivity index (χ0n) is 29.6. The third-order valence-corrected chi connectivity index (χ3v) is 8.94. The molecule has 3 heterocycles. The number of piperidine rings is 1. The molecule has 8 heteroatoms. The van der Waals surface area contributed by atoms with Gasteiger partial charge in [-0.15, -0.1) is 0 Å². The number of nitrogens with zero attached hydrogens (tertiary/aromatic N) is 4. The van der Waals surface area contributed by atoms with Crippen molar-refractivity contribution in [3.8, 4) is 0 Å². The number of aryl methyl sites for hydroxylation is 5. The van der Waals surface area contributed by atoms with E-state index in [9.17, 15) is 9.18 Å². The highest BCUT2D eigenvalue weighted by Crippen LogP contribution is 2.33. The molecule has 0 radical (unpaired) electrons. The molecule has 6 rings (SSSR count). The van der Waals surface area contributed by atoms with Gasteiger partial charge in [0, 0.05) is 53.4 Å². The average Bonchev–Trinajstić information content (AvgIpc) is 3.77. The number of carbonyl (C=O) groups excluding carboxylic acids is 1. The highest BCUT2D eigenvalue weighted by molar-refractivity contribution is 6.30. The van der Waals surface area contributed by atoms with Crippen LogP contribution >= 0.6 is 11.6 Å². The largest absolute Gasteiger partial charge is 0.366 e. The van der Waals surface area contributed by atoms with E-state index in [0.29, 0.717) is 16.5 Å². The van der Waals surface area contributed by atoms with Gasteiger partial charge in [-0.25, -0.2) is 9.37 Å². The quantitative estimate of drug-likeness (QED) is 0.199. The highest BCUT2D eigenvalue weighted by atomic mass is 35.5. The summed E-state index contributed by atoms with van der Waals surface area (Å²) in [6.45, 7) is 17.6. The molecule has 2 aliphatic rings. The third-order valence-electron chi connectivity index (χ3n) is 8.70. The number of nitrogens with two attached hydrogens (primary N) is 1. The molecule has 2 aromatic heterocycles. The minimum absolute atomic E-state index is 0.158. The molecule has 6 nitrogen and oxygen atoms in total. The van der Waals surface area contributed by atoms with Crippen molar-refractivity contribution < 1.29 is 9.18 Å². The van der Waals surface area contributed by atoms with Crippen LogP contribution in [0.1, 0.15) is 89.6 Å². The molecular weight excluding hydrogens is 621 g/mol. The first-order chi connectivity index (χ1) is 22.9. The van der Waals surface area contributed by atoms with Gasteiger partial charge in [0.1, 0.15) is 5.82 Å². The molecule has 258 valence electrons. The molecule has 0 bridgehead atoms. The molecule has 1 aliphatic carbocycles. The van der Waals surface area contributed by atoms with Crippen molar-refractivity contribution in [2.75, 3.05) is 19.6 Å². The number of likely N-dealkylation sites (tertiary alicyclic amines) is 1. The summed E-state index contributed by atoms with van der Waals surface area (Å²) < 4.78 is 15.2. The van der Waals surface area contributed by atoms with Crippen LogP contribution in [0.25, 0.3) is 0 Å². The lowest BCUT2D eigenvalue weighted by Gasteiger charge is -2.31. The van der Waals surface area contributed by atoms with Crippen LogP contribution in [0.15, 0.2) is 79.3 Å². The number of primary amides is 1. The second-order valence-corrected chi connectivity index (χ2v) is 13.5. The molecule has 2 aromatic carbocycles. The topological polar surface area (TPSA) is 77.0 Å². The summed E-state index contributed by atoms with van der Waals surface area (Å²) >= 11 is 5.63. The normalized spacial score (nSPS) is 14.4. The van der Waals surface area contributed by atoms with Crippen molar-refractivity contribution in [3.05, 3.63) is 129 Å². The Hall–Kier alpha value is -3.81. The Kier molecular flexibility index (Phi) is 15.5. The van der Waals surface area contributed by atoms with E-state index in [2.05, 4.69) is 60.4 Å². The molecule has 4 aromatic rings. The fourth-order valence-electron chi connectivity index (χ4n) is 5.50. The van der Waals surface area contributed by atoms with Crippen LogP contribution in [-0.4, -0.2) is 45.0 Å². The maximum absolute atomic E-state index is 13.2. The summed E-state index contributed by atoms with van der Waals surface area (Å²) in [6.07, 6.45) is 10.6. The van der Waals surface area contributed by atoms with Crippen molar-refractivity contribution >= 4 is 17.5 Å². The molecule has 1 saturated heterocycles. The van der Waals surface area contributed by atoms with Crippen LogP contribution in [0.5, 0.6) is 0 Å². The maximum atomic E-state index is 13.2. The van der Waals surface area contributed by atoms with Gasteiger partial charge in [0.15, 0.2) is 0 Å². The summed E-state index contributed by atoms with van der Waals surface area (Å²) in [7, 11) is 2.01. The van der Waals surface area contributed by atoms with E-state index in [1.807, 2.05) is 44.1 Å². The Balaban J connectivity index is 0.000000180. The molecule has 1 aliphatic heterocycles. The number of benzene rings is 2. The van der Waals surface area contributed by atoms with Crippen molar-refractivity contribution in [2.45, 2.75) is 79.1 Å². The maximum Gasteiger partial charge on any atom is 0.248 e. The van der Waals surface area contributed by atoms with E-state index in [1.165, 1.54) is 67.4 Å². The summed E-state index contributed by atoms with van der Waals surface area (Å²) in [6, 6.07) is 16.7. The van der Waals surface area contributed by atoms with Gasteiger partial charge in [0.05, 0.1) is 6.33 Å². The van der Waals surface area contributed by atoms with Crippen LogP contribution in [-0.2, 0) is 19.9 Å². The van der Waals surface area contributed by atoms with Gasteiger partial charge in [0.25, 0.3) is 0 Å². The Labute approximate surface area is 292 Å². The standard InChI is InChI=1S/C15H22N2.C10H10ClF.C9H11NO.C6H10N2/c1-12(2)11-17-9-7-14(8-10-17)15-6-4-5-13(3)16-15;11-9-4-3-8(10(12)6-9)5-7-1-2-7;1-6-3-4-8(9(10)11)5-7(6)2;1-3-6-4-7-5-8(6)2/h4-6,14H,1,7-11H2,2-3H3;3-4,6-7H,1-2,5H2;3-5H,1-2H3,(H2,10,11);4-5H,3H2,1-2H3. The Bertz CT molecular complexity index is 1620. The predicted octanol–water partition coefficient (Wildman–Crippen LogP) is 8.96. The van der Waals surface area contributed by atoms with Gasteiger partial charge in [-0.2, -0.15) is 0 Å².